The highest BCUT2D eigenvalue weighted by atomic mass is 16.4. The van der Waals surface area contributed by atoms with E-state index >= 15 is 0 Å². The molecule has 0 radical (unpaired) electrons. The maximum Gasteiger partial charge on any atom is 0.303 e. The SMILES string of the molecule is CC1(C)C2CN(C(=O)CCCCC(=O)O)CC21. The van der Waals surface area contributed by atoms with Crippen LogP contribution < -0.4 is 0 Å². The molecule has 0 aromatic heterocycles. The highest BCUT2D eigenvalue weighted by Crippen LogP contribution is 2.61. The molecule has 2 atom stereocenters. The van der Waals surface area contributed by atoms with Crippen molar-refractivity contribution in [3.05, 3.63) is 0 Å². The second-order valence-electron chi connectivity index (χ2n) is 5.93. The summed E-state index contributed by atoms with van der Waals surface area (Å²) in [6.45, 7) is 6.37. The number of nitrogens with zero attached hydrogens (tertiary/aromatic N) is 1. The number of hydrogen-bond acceptors (Lipinski definition) is 2. The molecule has 0 aromatic carbocycles. The molecule has 4 nitrogen and oxygen atoms in total. The van der Waals surface area contributed by atoms with E-state index in [9.17, 15) is 9.59 Å². The topological polar surface area (TPSA) is 57.6 Å². The second kappa shape index (κ2) is 4.31. The van der Waals surface area contributed by atoms with Crippen LogP contribution in [0.4, 0.5) is 0 Å². The Bertz CT molecular complexity index is 324. The molecule has 96 valence electrons. The van der Waals surface area contributed by atoms with Crippen molar-refractivity contribution in [2.45, 2.75) is 39.5 Å². The minimum Gasteiger partial charge on any atom is -0.481 e. The Morgan fingerprint density at radius 1 is 1.18 bits per heavy atom. The molecule has 1 aliphatic carbocycles. The average molecular weight is 239 g/mol. The van der Waals surface area contributed by atoms with Gasteiger partial charge in [0.05, 0.1) is 0 Å². The summed E-state index contributed by atoms with van der Waals surface area (Å²) in [6.07, 6.45) is 1.98. The van der Waals surface area contributed by atoms with Crippen LogP contribution in [0.15, 0.2) is 0 Å². The first-order valence-corrected chi connectivity index (χ1v) is 6.42. The van der Waals surface area contributed by atoms with Crippen molar-refractivity contribution < 1.29 is 14.7 Å². The van der Waals surface area contributed by atoms with Gasteiger partial charge in [-0.05, 0) is 30.1 Å². The minimum atomic E-state index is -0.776. The molecule has 0 spiro atoms. The van der Waals surface area contributed by atoms with Crippen molar-refractivity contribution in [3.63, 3.8) is 0 Å². The van der Waals surface area contributed by atoms with Gasteiger partial charge in [0.2, 0.25) is 5.91 Å². The van der Waals surface area contributed by atoms with Crippen LogP contribution in [0.1, 0.15) is 39.5 Å². The van der Waals surface area contributed by atoms with Crippen molar-refractivity contribution in [1.29, 1.82) is 0 Å². The van der Waals surface area contributed by atoms with Crippen molar-refractivity contribution >= 4 is 11.9 Å². The molecule has 0 bridgehead atoms. The number of unbranched alkanes of at least 4 members (excludes halogenated alkanes) is 1. The van der Waals surface area contributed by atoms with E-state index in [1.807, 2.05) is 4.90 Å². The molecule has 2 unspecified atom stereocenters. The second-order valence-corrected chi connectivity index (χ2v) is 5.93. The fourth-order valence-electron chi connectivity index (χ4n) is 3.05. The molecule has 2 aliphatic rings. The van der Waals surface area contributed by atoms with Gasteiger partial charge < -0.3 is 10.0 Å². The maximum atomic E-state index is 11.8. The molecule has 17 heavy (non-hydrogen) atoms. The zero-order valence-corrected chi connectivity index (χ0v) is 10.6. The quantitative estimate of drug-likeness (QED) is 0.743. The van der Waals surface area contributed by atoms with E-state index in [2.05, 4.69) is 13.8 Å². The van der Waals surface area contributed by atoms with Crippen LogP contribution in [-0.2, 0) is 9.59 Å². The third-order valence-electron chi connectivity index (χ3n) is 4.51. The predicted octanol–water partition coefficient (Wildman–Crippen LogP) is 1.75. The Morgan fingerprint density at radius 2 is 1.71 bits per heavy atom. The van der Waals surface area contributed by atoms with Crippen molar-refractivity contribution in [2.24, 2.45) is 17.3 Å². The Labute approximate surface area is 102 Å². The fourth-order valence-corrected chi connectivity index (χ4v) is 3.05. The lowest BCUT2D eigenvalue weighted by molar-refractivity contribution is -0.137. The number of likely N-dealkylation sites (tertiary alicyclic amines) is 1. The number of carboxylic acids is 1. The molecule has 2 rings (SSSR count). The molecule has 0 aromatic rings. The van der Waals surface area contributed by atoms with Gasteiger partial charge in [-0.15, -0.1) is 0 Å². The predicted molar refractivity (Wildman–Crippen MR) is 63.4 cm³/mol. The van der Waals surface area contributed by atoms with Crippen LogP contribution >= 0.6 is 0 Å². The van der Waals surface area contributed by atoms with E-state index in [-0.39, 0.29) is 12.3 Å². The van der Waals surface area contributed by atoms with E-state index in [0.717, 1.165) is 13.1 Å². The van der Waals surface area contributed by atoms with Gasteiger partial charge in [0.25, 0.3) is 0 Å². The summed E-state index contributed by atoms with van der Waals surface area (Å²) in [7, 11) is 0. The normalized spacial score (nSPS) is 28.9. The summed E-state index contributed by atoms with van der Waals surface area (Å²) in [4.78, 5) is 24.1. The smallest absolute Gasteiger partial charge is 0.303 e. The number of piperidine rings is 1. The fraction of sp³-hybridized carbons (Fsp3) is 0.846. The third kappa shape index (κ3) is 2.45. The summed E-state index contributed by atoms with van der Waals surface area (Å²) in [5.74, 6) is 0.830. The van der Waals surface area contributed by atoms with Gasteiger partial charge in [0.1, 0.15) is 0 Å². The first-order valence-electron chi connectivity index (χ1n) is 6.42. The molecular formula is C13H21NO3. The minimum absolute atomic E-state index is 0.172. The van der Waals surface area contributed by atoms with Gasteiger partial charge in [-0.2, -0.15) is 0 Å². The Hall–Kier alpha value is -1.06. The number of carbonyl (C=O) groups excluding carboxylic acids is 1. The van der Waals surface area contributed by atoms with E-state index < -0.39 is 5.97 Å². The highest BCUT2D eigenvalue weighted by molar-refractivity contribution is 5.77. The first kappa shape index (κ1) is 12.4. The molecule has 1 N–H and O–H groups in total. The van der Waals surface area contributed by atoms with Gasteiger partial charge in [0.15, 0.2) is 0 Å². The van der Waals surface area contributed by atoms with Crippen LogP contribution in [-0.4, -0.2) is 35.0 Å². The lowest BCUT2D eigenvalue weighted by atomic mass is 10.1. The maximum absolute atomic E-state index is 11.8. The average Bonchev–Trinajstić information content (AvgIpc) is 2.69. The zero-order chi connectivity index (χ0) is 12.6. The Balaban J connectivity index is 1.64. The third-order valence-corrected chi connectivity index (χ3v) is 4.51. The standard InChI is InChI=1S/C13H21NO3/c1-13(2)9-7-14(8-10(9)13)11(15)5-3-4-6-12(16)17/h9-10H,3-8H2,1-2H3,(H,16,17). The molecular weight excluding hydrogens is 218 g/mol. The van der Waals surface area contributed by atoms with Crippen molar-refractivity contribution in [2.75, 3.05) is 13.1 Å². The number of carboxylic acid groups (broad SMARTS) is 1. The number of fused-ring (bicyclic) bond motifs is 1. The van der Waals surface area contributed by atoms with Gasteiger partial charge >= 0.3 is 5.97 Å². The number of carbonyl (C=O) groups is 2. The Morgan fingerprint density at radius 3 is 2.24 bits per heavy atom. The summed E-state index contributed by atoms with van der Waals surface area (Å²) >= 11 is 0. The summed E-state index contributed by atoms with van der Waals surface area (Å²) in [6, 6.07) is 0. The molecule has 1 aliphatic heterocycles. The van der Waals surface area contributed by atoms with E-state index in [1.165, 1.54) is 0 Å². The largest absolute Gasteiger partial charge is 0.481 e. The summed E-state index contributed by atoms with van der Waals surface area (Å²) in [5.41, 5.74) is 0.445. The van der Waals surface area contributed by atoms with Crippen LogP contribution in [0.25, 0.3) is 0 Å². The summed E-state index contributed by atoms with van der Waals surface area (Å²) < 4.78 is 0. The monoisotopic (exact) mass is 239 g/mol. The molecule has 1 saturated carbocycles. The van der Waals surface area contributed by atoms with Gasteiger partial charge in [-0.25, -0.2) is 0 Å². The lowest BCUT2D eigenvalue weighted by Crippen LogP contribution is -2.32. The van der Waals surface area contributed by atoms with Crippen LogP contribution in [0.3, 0.4) is 0 Å². The number of amides is 1. The van der Waals surface area contributed by atoms with Crippen molar-refractivity contribution in [1.82, 2.24) is 4.90 Å². The van der Waals surface area contributed by atoms with E-state index in [4.69, 9.17) is 5.11 Å². The number of aliphatic carboxylic acids is 1. The van der Waals surface area contributed by atoms with Gasteiger partial charge in [0, 0.05) is 25.9 Å². The lowest BCUT2D eigenvalue weighted by Gasteiger charge is -2.22. The van der Waals surface area contributed by atoms with Gasteiger partial charge in [-0.1, -0.05) is 13.8 Å². The van der Waals surface area contributed by atoms with E-state index in [1.54, 1.807) is 0 Å². The van der Waals surface area contributed by atoms with Crippen molar-refractivity contribution in [3.8, 4) is 0 Å². The van der Waals surface area contributed by atoms with Gasteiger partial charge in [-0.3, -0.25) is 9.59 Å². The summed E-state index contributed by atoms with van der Waals surface area (Å²) in [5, 5.41) is 8.49. The Kier molecular flexibility index (Phi) is 3.15. The molecule has 2 fully saturated rings. The highest BCUT2D eigenvalue weighted by Gasteiger charge is 2.62. The number of rotatable bonds is 5. The van der Waals surface area contributed by atoms with E-state index in [0.29, 0.717) is 36.5 Å². The van der Waals surface area contributed by atoms with Crippen LogP contribution in [0.2, 0.25) is 0 Å². The van der Waals surface area contributed by atoms with Crippen LogP contribution in [0.5, 0.6) is 0 Å². The molecule has 1 amide bonds. The molecule has 4 heteroatoms. The molecule has 1 saturated heterocycles. The zero-order valence-electron chi connectivity index (χ0n) is 10.6. The van der Waals surface area contributed by atoms with Crippen LogP contribution in [0, 0.1) is 17.3 Å². The molecule has 1 heterocycles. The first-order chi connectivity index (χ1) is 7.93. The number of hydrogen-bond donors (Lipinski definition) is 1.